The molecule has 7 heteroatoms. The molecule has 0 fully saturated rings. The number of aliphatic imine (C=N–C) groups is 1. The van der Waals surface area contributed by atoms with E-state index in [0.717, 1.165) is 23.7 Å². The van der Waals surface area contributed by atoms with Crippen LogP contribution in [0, 0.1) is 0 Å². The lowest BCUT2D eigenvalue weighted by Gasteiger charge is -2.21. The number of nitrogens with zero attached hydrogens (tertiary/aromatic N) is 2. The number of hydrogen-bond acceptors (Lipinski definition) is 6. The lowest BCUT2D eigenvalue weighted by Crippen LogP contribution is -2.31. The molecule has 2 aromatic rings. The van der Waals surface area contributed by atoms with Gasteiger partial charge >= 0.3 is 0 Å². The molecule has 0 aromatic heterocycles. The number of methoxy groups -OCH3 is 1. The first-order valence-corrected chi connectivity index (χ1v) is 9.72. The maximum atomic E-state index is 13.3. The fourth-order valence-corrected chi connectivity index (χ4v) is 4.28. The maximum absolute atomic E-state index is 13.3. The summed E-state index contributed by atoms with van der Waals surface area (Å²) in [4.78, 5) is 32.3. The highest BCUT2D eigenvalue weighted by molar-refractivity contribution is 8.18. The van der Waals surface area contributed by atoms with Gasteiger partial charge in [-0.15, -0.1) is 0 Å². The highest BCUT2D eigenvalue weighted by atomic mass is 32.2. The van der Waals surface area contributed by atoms with Crippen LogP contribution < -0.4 is 15.4 Å². The van der Waals surface area contributed by atoms with E-state index in [4.69, 9.17) is 10.5 Å². The van der Waals surface area contributed by atoms with Crippen LogP contribution in [0.25, 0.3) is 0 Å². The van der Waals surface area contributed by atoms with E-state index in [1.807, 2.05) is 30.3 Å². The second-order valence-corrected chi connectivity index (χ2v) is 7.45. The van der Waals surface area contributed by atoms with Gasteiger partial charge < -0.3 is 10.5 Å². The number of carbonyl (C=O) groups excluding carboxylic acids is 2. The Morgan fingerprint density at radius 3 is 2.50 bits per heavy atom. The molecule has 0 saturated heterocycles. The van der Waals surface area contributed by atoms with Crippen molar-refractivity contribution >= 4 is 34.4 Å². The zero-order valence-corrected chi connectivity index (χ0v) is 16.3. The van der Waals surface area contributed by atoms with Gasteiger partial charge in [-0.05, 0) is 41.9 Å². The molecule has 2 heterocycles. The lowest BCUT2D eigenvalue weighted by molar-refractivity contribution is -0.120. The summed E-state index contributed by atoms with van der Waals surface area (Å²) in [7, 11) is 1.56. The van der Waals surface area contributed by atoms with Crippen LogP contribution in [0.1, 0.15) is 24.1 Å². The fraction of sp³-hybridized carbons (Fsp3) is 0.190. The van der Waals surface area contributed by atoms with Crippen LogP contribution in [-0.4, -0.2) is 24.1 Å². The van der Waals surface area contributed by atoms with Gasteiger partial charge in [0.15, 0.2) is 5.17 Å². The van der Waals surface area contributed by atoms with Gasteiger partial charge in [0.25, 0.3) is 11.8 Å². The number of imide groups is 1. The van der Waals surface area contributed by atoms with Crippen molar-refractivity contribution in [1.29, 1.82) is 0 Å². The standard InChI is InChI=1S/C21H19N3O3S/c1-3-12-8-10-13(11-9-12)24-19(25)16-17(14-6-4-5-7-15(14)27-2)23-21(22)28-18(16)20(24)26/h4-11,17H,3H2,1-2H3,(H2,22,23)/t17-/m1/s1. The van der Waals surface area contributed by atoms with Crippen molar-refractivity contribution in [3.8, 4) is 5.75 Å². The first-order chi connectivity index (χ1) is 13.5. The summed E-state index contributed by atoms with van der Waals surface area (Å²) in [6.07, 6.45) is 0.882. The van der Waals surface area contributed by atoms with Gasteiger partial charge in [0.05, 0.1) is 23.3 Å². The van der Waals surface area contributed by atoms with Gasteiger partial charge in [0.1, 0.15) is 11.8 Å². The van der Waals surface area contributed by atoms with E-state index in [0.29, 0.717) is 27.5 Å². The van der Waals surface area contributed by atoms with Crippen molar-refractivity contribution < 1.29 is 14.3 Å². The average molecular weight is 393 g/mol. The topological polar surface area (TPSA) is 85.0 Å². The normalized spacial score (nSPS) is 19.0. The third-order valence-corrected chi connectivity index (χ3v) is 5.76. The average Bonchev–Trinajstić information content (AvgIpc) is 2.97. The number of anilines is 1. The molecule has 4 rings (SSSR count). The molecule has 2 aliphatic heterocycles. The second kappa shape index (κ2) is 7.16. The monoisotopic (exact) mass is 393 g/mol. The summed E-state index contributed by atoms with van der Waals surface area (Å²) in [6.45, 7) is 2.05. The number of nitrogens with two attached hydrogens (primary N) is 1. The molecule has 0 unspecified atom stereocenters. The Kier molecular flexibility index (Phi) is 4.68. The van der Waals surface area contributed by atoms with Crippen molar-refractivity contribution in [3.05, 3.63) is 70.1 Å². The number of ether oxygens (including phenoxy) is 1. The minimum absolute atomic E-state index is 0.249. The van der Waals surface area contributed by atoms with E-state index >= 15 is 0 Å². The summed E-state index contributed by atoms with van der Waals surface area (Å²) in [5.74, 6) is -0.148. The highest BCUT2D eigenvalue weighted by Gasteiger charge is 2.46. The molecule has 2 N–H and O–H groups in total. The van der Waals surface area contributed by atoms with Crippen LogP contribution >= 0.6 is 11.8 Å². The van der Waals surface area contributed by atoms with E-state index in [9.17, 15) is 9.59 Å². The van der Waals surface area contributed by atoms with Crippen molar-refractivity contribution in [1.82, 2.24) is 0 Å². The van der Waals surface area contributed by atoms with Gasteiger partial charge in [0, 0.05) is 5.56 Å². The molecule has 1 atom stereocenters. The Hall–Kier alpha value is -3.06. The largest absolute Gasteiger partial charge is 0.496 e. The van der Waals surface area contributed by atoms with Crippen molar-refractivity contribution in [2.24, 2.45) is 10.7 Å². The van der Waals surface area contributed by atoms with Crippen LogP contribution in [0.3, 0.4) is 0 Å². The molecule has 0 aliphatic carbocycles. The van der Waals surface area contributed by atoms with Crippen LogP contribution in [-0.2, 0) is 16.0 Å². The highest BCUT2D eigenvalue weighted by Crippen LogP contribution is 2.46. The van der Waals surface area contributed by atoms with Crippen LogP contribution in [0.4, 0.5) is 5.69 Å². The van der Waals surface area contributed by atoms with Gasteiger partial charge in [-0.2, -0.15) is 0 Å². The van der Waals surface area contributed by atoms with Crippen molar-refractivity contribution in [3.63, 3.8) is 0 Å². The van der Waals surface area contributed by atoms with Crippen molar-refractivity contribution in [2.45, 2.75) is 19.4 Å². The van der Waals surface area contributed by atoms with E-state index < -0.39 is 6.04 Å². The quantitative estimate of drug-likeness (QED) is 0.807. The van der Waals surface area contributed by atoms with Gasteiger partial charge in [-0.1, -0.05) is 37.3 Å². The molecule has 142 valence electrons. The lowest BCUT2D eigenvalue weighted by atomic mass is 9.98. The molecule has 28 heavy (non-hydrogen) atoms. The Morgan fingerprint density at radius 2 is 1.82 bits per heavy atom. The van der Waals surface area contributed by atoms with Crippen LogP contribution in [0.2, 0.25) is 0 Å². The zero-order valence-electron chi connectivity index (χ0n) is 15.5. The summed E-state index contributed by atoms with van der Waals surface area (Å²) in [5, 5.41) is 0.249. The maximum Gasteiger partial charge on any atom is 0.272 e. The molecule has 0 radical (unpaired) electrons. The van der Waals surface area contributed by atoms with Gasteiger partial charge in [-0.25, -0.2) is 9.89 Å². The fourth-order valence-electron chi connectivity index (χ4n) is 3.42. The second-order valence-electron chi connectivity index (χ2n) is 6.42. The SMILES string of the molecule is CCc1ccc(N2C(=O)C3=C(C2=O)[C@@H](c2ccccc2OC)N=C(N)S3)cc1. The van der Waals surface area contributed by atoms with Crippen molar-refractivity contribution in [2.75, 3.05) is 12.0 Å². The Morgan fingerprint density at radius 1 is 1.11 bits per heavy atom. The number of amides is 2. The number of thioether (sulfide) groups is 1. The number of aryl methyl sites for hydroxylation is 1. The Balaban J connectivity index is 1.78. The molecular weight excluding hydrogens is 374 g/mol. The third kappa shape index (κ3) is 2.88. The predicted molar refractivity (Wildman–Crippen MR) is 110 cm³/mol. The Labute approximate surface area is 167 Å². The molecule has 0 saturated carbocycles. The van der Waals surface area contributed by atoms with Crippen LogP contribution in [0.15, 0.2) is 64.0 Å². The van der Waals surface area contributed by atoms with E-state index in [1.165, 1.54) is 4.90 Å². The van der Waals surface area contributed by atoms with Gasteiger partial charge in [-0.3, -0.25) is 9.59 Å². The van der Waals surface area contributed by atoms with Crippen LogP contribution in [0.5, 0.6) is 5.75 Å². The molecule has 2 aliphatic rings. The molecular formula is C21H19N3O3S. The number of para-hydroxylation sites is 1. The molecule has 0 bridgehead atoms. The number of carbonyl (C=O) groups is 2. The minimum atomic E-state index is -0.677. The molecule has 2 aromatic carbocycles. The summed E-state index contributed by atoms with van der Waals surface area (Å²) in [6, 6.07) is 14.1. The molecule has 6 nitrogen and oxygen atoms in total. The molecule has 0 spiro atoms. The predicted octanol–water partition coefficient (Wildman–Crippen LogP) is 3.19. The first kappa shape index (κ1) is 18.3. The van der Waals surface area contributed by atoms with E-state index in [2.05, 4.69) is 11.9 Å². The Bertz CT molecular complexity index is 1030. The number of amidine groups is 1. The summed E-state index contributed by atoms with van der Waals surface area (Å²) in [5.41, 5.74) is 8.71. The van der Waals surface area contributed by atoms with E-state index in [1.54, 1.807) is 25.3 Å². The zero-order chi connectivity index (χ0) is 19.8. The first-order valence-electron chi connectivity index (χ1n) is 8.91. The number of benzene rings is 2. The number of rotatable bonds is 4. The minimum Gasteiger partial charge on any atom is -0.496 e. The smallest absolute Gasteiger partial charge is 0.272 e. The van der Waals surface area contributed by atoms with E-state index in [-0.39, 0.29) is 17.0 Å². The van der Waals surface area contributed by atoms with Gasteiger partial charge in [0.2, 0.25) is 0 Å². The summed E-state index contributed by atoms with van der Waals surface area (Å²) >= 11 is 1.04. The third-order valence-electron chi connectivity index (χ3n) is 4.85. The number of hydrogen-bond donors (Lipinski definition) is 1. The molecule has 2 amide bonds. The summed E-state index contributed by atoms with van der Waals surface area (Å²) < 4.78 is 5.43.